The molecule has 0 aromatic heterocycles. The molecule has 1 amide bonds. The SMILES string of the molecule is Cc1ccc(OCC(=O)Nc2ccc(C)c(S(=O)(=O)N3CCCCC3)c2)cc1. The van der Waals surface area contributed by atoms with Crippen LogP contribution in [0, 0.1) is 13.8 Å². The van der Waals surface area contributed by atoms with Gasteiger partial charge in [0, 0.05) is 18.8 Å². The number of benzene rings is 2. The summed E-state index contributed by atoms with van der Waals surface area (Å²) in [6, 6.07) is 12.4. The Morgan fingerprint density at radius 3 is 2.39 bits per heavy atom. The summed E-state index contributed by atoms with van der Waals surface area (Å²) in [6.07, 6.45) is 2.82. The van der Waals surface area contributed by atoms with Gasteiger partial charge in [0.25, 0.3) is 5.91 Å². The summed E-state index contributed by atoms with van der Waals surface area (Å²) in [5.41, 5.74) is 2.22. The van der Waals surface area contributed by atoms with Crippen LogP contribution in [-0.4, -0.2) is 38.3 Å². The van der Waals surface area contributed by atoms with Gasteiger partial charge in [-0.05, 0) is 56.5 Å². The summed E-state index contributed by atoms with van der Waals surface area (Å²) in [5.74, 6) is 0.267. The van der Waals surface area contributed by atoms with E-state index >= 15 is 0 Å². The summed E-state index contributed by atoms with van der Waals surface area (Å²) in [7, 11) is -3.56. The van der Waals surface area contributed by atoms with Crippen LogP contribution in [0.1, 0.15) is 30.4 Å². The molecule has 0 saturated carbocycles. The van der Waals surface area contributed by atoms with Gasteiger partial charge in [-0.25, -0.2) is 8.42 Å². The fourth-order valence-electron chi connectivity index (χ4n) is 3.18. The molecule has 0 atom stereocenters. The van der Waals surface area contributed by atoms with Crippen molar-refractivity contribution in [2.24, 2.45) is 0 Å². The maximum atomic E-state index is 13.0. The lowest BCUT2D eigenvalue weighted by molar-refractivity contribution is -0.118. The van der Waals surface area contributed by atoms with Crippen LogP contribution in [0.2, 0.25) is 0 Å². The molecule has 2 aromatic carbocycles. The van der Waals surface area contributed by atoms with E-state index in [0.29, 0.717) is 30.1 Å². The number of rotatable bonds is 6. The van der Waals surface area contributed by atoms with Gasteiger partial charge in [-0.1, -0.05) is 30.2 Å². The number of carbonyl (C=O) groups is 1. The van der Waals surface area contributed by atoms with Crippen LogP contribution in [-0.2, 0) is 14.8 Å². The first-order valence-corrected chi connectivity index (χ1v) is 10.9. The molecule has 150 valence electrons. The number of amides is 1. The Morgan fingerprint density at radius 2 is 1.71 bits per heavy atom. The van der Waals surface area contributed by atoms with Gasteiger partial charge in [-0.3, -0.25) is 4.79 Å². The molecule has 0 aliphatic carbocycles. The van der Waals surface area contributed by atoms with Crippen LogP contribution >= 0.6 is 0 Å². The second-order valence-corrected chi connectivity index (χ2v) is 9.00. The zero-order chi connectivity index (χ0) is 20.1. The molecule has 0 unspecified atom stereocenters. The number of nitrogens with one attached hydrogen (secondary N) is 1. The average Bonchev–Trinajstić information content (AvgIpc) is 2.69. The van der Waals surface area contributed by atoms with Crippen LogP contribution in [0.25, 0.3) is 0 Å². The minimum absolute atomic E-state index is 0.148. The number of carbonyl (C=O) groups excluding carboxylic acids is 1. The Labute approximate surface area is 166 Å². The van der Waals surface area contributed by atoms with Crippen molar-refractivity contribution in [3.63, 3.8) is 0 Å². The highest BCUT2D eigenvalue weighted by atomic mass is 32.2. The largest absolute Gasteiger partial charge is 0.484 e. The Kier molecular flexibility index (Phi) is 6.36. The van der Waals surface area contributed by atoms with Crippen molar-refractivity contribution in [2.45, 2.75) is 38.0 Å². The Morgan fingerprint density at radius 1 is 1.04 bits per heavy atom. The molecule has 28 heavy (non-hydrogen) atoms. The van der Waals surface area contributed by atoms with Gasteiger partial charge in [0.2, 0.25) is 10.0 Å². The number of nitrogens with zero attached hydrogens (tertiary/aromatic N) is 1. The zero-order valence-electron chi connectivity index (χ0n) is 16.3. The number of hydrogen-bond acceptors (Lipinski definition) is 4. The molecule has 0 bridgehead atoms. The smallest absolute Gasteiger partial charge is 0.262 e. The van der Waals surface area contributed by atoms with E-state index in [9.17, 15) is 13.2 Å². The summed E-state index contributed by atoms with van der Waals surface area (Å²) >= 11 is 0. The fraction of sp³-hybridized carbons (Fsp3) is 0.381. The van der Waals surface area contributed by atoms with Crippen molar-refractivity contribution >= 4 is 21.6 Å². The number of aryl methyl sites for hydroxylation is 2. The van der Waals surface area contributed by atoms with Crippen LogP contribution in [0.15, 0.2) is 47.4 Å². The molecule has 1 saturated heterocycles. The molecule has 1 fully saturated rings. The number of anilines is 1. The molecular weight excluding hydrogens is 376 g/mol. The van der Waals surface area contributed by atoms with Crippen LogP contribution in [0.4, 0.5) is 5.69 Å². The van der Waals surface area contributed by atoms with Crippen molar-refractivity contribution in [3.05, 3.63) is 53.6 Å². The molecule has 1 N–H and O–H groups in total. The van der Waals surface area contributed by atoms with E-state index < -0.39 is 10.0 Å². The lowest BCUT2D eigenvalue weighted by Gasteiger charge is -2.26. The van der Waals surface area contributed by atoms with Gasteiger partial charge >= 0.3 is 0 Å². The summed E-state index contributed by atoms with van der Waals surface area (Å²) in [5, 5.41) is 2.72. The van der Waals surface area contributed by atoms with Gasteiger partial charge < -0.3 is 10.1 Å². The molecular formula is C21H26N2O4S. The van der Waals surface area contributed by atoms with E-state index in [2.05, 4.69) is 5.32 Å². The Balaban J connectivity index is 1.68. The zero-order valence-corrected chi connectivity index (χ0v) is 17.1. The third-order valence-corrected chi connectivity index (χ3v) is 6.84. The minimum atomic E-state index is -3.56. The van der Waals surface area contributed by atoms with Gasteiger partial charge in [-0.2, -0.15) is 4.31 Å². The summed E-state index contributed by atoms with van der Waals surface area (Å²) in [4.78, 5) is 12.4. The molecule has 1 heterocycles. The maximum absolute atomic E-state index is 13.0. The number of piperidine rings is 1. The van der Waals surface area contributed by atoms with Gasteiger partial charge in [-0.15, -0.1) is 0 Å². The van der Waals surface area contributed by atoms with E-state index in [-0.39, 0.29) is 17.4 Å². The molecule has 6 nitrogen and oxygen atoms in total. The van der Waals surface area contributed by atoms with Crippen LogP contribution in [0.5, 0.6) is 5.75 Å². The van der Waals surface area contributed by atoms with Gasteiger partial charge in [0.15, 0.2) is 6.61 Å². The van der Waals surface area contributed by atoms with E-state index in [1.54, 1.807) is 31.2 Å². The lowest BCUT2D eigenvalue weighted by Crippen LogP contribution is -2.36. The highest BCUT2D eigenvalue weighted by molar-refractivity contribution is 7.89. The average molecular weight is 403 g/mol. The second kappa shape index (κ2) is 8.75. The summed E-state index contributed by atoms with van der Waals surface area (Å²) in [6.45, 7) is 4.68. The fourth-order valence-corrected chi connectivity index (χ4v) is 4.95. The number of ether oxygens (including phenoxy) is 1. The molecule has 7 heteroatoms. The second-order valence-electron chi connectivity index (χ2n) is 7.09. The van der Waals surface area contributed by atoms with E-state index in [4.69, 9.17) is 4.74 Å². The lowest BCUT2D eigenvalue weighted by atomic mass is 10.2. The molecule has 0 spiro atoms. The van der Waals surface area contributed by atoms with Crippen molar-refractivity contribution in [1.29, 1.82) is 0 Å². The third kappa shape index (κ3) is 4.91. The molecule has 0 radical (unpaired) electrons. The van der Waals surface area contributed by atoms with E-state index in [1.807, 2.05) is 19.1 Å². The Hall–Kier alpha value is -2.38. The number of sulfonamides is 1. The first-order chi connectivity index (χ1) is 13.4. The quantitative estimate of drug-likeness (QED) is 0.802. The number of hydrogen-bond donors (Lipinski definition) is 1. The highest BCUT2D eigenvalue weighted by Gasteiger charge is 2.27. The minimum Gasteiger partial charge on any atom is -0.484 e. The maximum Gasteiger partial charge on any atom is 0.262 e. The van der Waals surface area contributed by atoms with Gasteiger partial charge in [0.1, 0.15) is 5.75 Å². The van der Waals surface area contributed by atoms with Crippen molar-refractivity contribution in [1.82, 2.24) is 4.31 Å². The van der Waals surface area contributed by atoms with Crippen molar-refractivity contribution in [3.8, 4) is 5.75 Å². The van der Waals surface area contributed by atoms with E-state index in [0.717, 1.165) is 24.8 Å². The van der Waals surface area contributed by atoms with Crippen molar-refractivity contribution < 1.29 is 17.9 Å². The molecule has 3 rings (SSSR count). The van der Waals surface area contributed by atoms with Gasteiger partial charge in [0.05, 0.1) is 4.90 Å². The van der Waals surface area contributed by atoms with Crippen molar-refractivity contribution in [2.75, 3.05) is 25.0 Å². The monoisotopic (exact) mass is 402 g/mol. The molecule has 1 aliphatic heterocycles. The van der Waals surface area contributed by atoms with Crippen LogP contribution in [0.3, 0.4) is 0 Å². The molecule has 2 aromatic rings. The predicted molar refractivity (Wildman–Crippen MR) is 109 cm³/mol. The predicted octanol–water partition coefficient (Wildman–Crippen LogP) is 3.50. The standard InChI is InChI=1S/C21H26N2O4S/c1-16-6-10-19(11-7-16)27-15-21(24)22-18-9-8-17(2)20(14-18)28(25,26)23-12-4-3-5-13-23/h6-11,14H,3-5,12-13,15H2,1-2H3,(H,22,24). The Bertz CT molecular complexity index is 933. The third-order valence-electron chi connectivity index (χ3n) is 4.80. The highest BCUT2D eigenvalue weighted by Crippen LogP contribution is 2.26. The van der Waals surface area contributed by atoms with Crippen LogP contribution < -0.4 is 10.1 Å². The topological polar surface area (TPSA) is 75.7 Å². The molecule has 1 aliphatic rings. The first-order valence-electron chi connectivity index (χ1n) is 9.46. The van der Waals surface area contributed by atoms with E-state index in [1.165, 1.54) is 10.4 Å². The first kappa shape index (κ1) is 20.4. The normalized spacial score (nSPS) is 15.2. The summed E-state index contributed by atoms with van der Waals surface area (Å²) < 4.78 is 33.0.